The van der Waals surface area contributed by atoms with Crippen molar-refractivity contribution in [3.05, 3.63) is 75.5 Å². The molecule has 1 aromatic heterocycles. The summed E-state index contributed by atoms with van der Waals surface area (Å²) in [5.74, 6) is 0.818. The SMILES string of the molecule is CN1Cc2c(Cl)cc(Cl)cc2[C@H](c2cccc(-c3cncc(NCCOCCOCCNC(=O)OC(C)(C)C)n3)c2)C1. The van der Waals surface area contributed by atoms with Gasteiger partial charge in [-0.05, 0) is 62.7 Å². The van der Waals surface area contributed by atoms with E-state index in [1.807, 2.05) is 39.0 Å². The highest BCUT2D eigenvalue weighted by molar-refractivity contribution is 6.35. The molecule has 1 atom stereocenters. The Kier molecular flexibility index (Phi) is 11.4. The molecule has 0 spiro atoms. The fourth-order valence-electron chi connectivity index (χ4n) is 4.75. The van der Waals surface area contributed by atoms with Crippen molar-refractivity contribution in [1.29, 1.82) is 0 Å². The molecule has 1 aliphatic rings. The number of aromatic nitrogens is 2. The molecule has 2 heterocycles. The molecule has 226 valence electrons. The van der Waals surface area contributed by atoms with Crippen LogP contribution in [-0.2, 0) is 20.8 Å². The van der Waals surface area contributed by atoms with Gasteiger partial charge >= 0.3 is 6.09 Å². The number of fused-ring (bicyclic) bond motifs is 1. The quantitative estimate of drug-likeness (QED) is 0.240. The Hall–Kier alpha value is -2.95. The van der Waals surface area contributed by atoms with Crippen molar-refractivity contribution in [3.63, 3.8) is 0 Å². The van der Waals surface area contributed by atoms with E-state index >= 15 is 0 Å². The number of carbonyl (C=O) groups is 1. The monoisotopic (exact) mass is 615 g/mol. The van der Waals surface area contributed by atoms with Gasteiger partial charge in [0.15, 0.2) is 0 Å². The minimum absolute atomic E-state index is 0.145. The lowest BCUT2D eigenvalue weighted by Crippen LogP contribution is -2.34. The molecule has 1 aliphatic heterocycles. The molecule has 3 aromatic rings. The highest BCUT2D eigenvalue weighted by atomic mass is 35.5. The summed E-state index contributed by atoms with van der Waals surface area (Å²) in [4.78, 5) is 23.0. The van der Waals surface area contributed by atoms with E-state index in [0.29, 0.717) is 55.4 Å². The van der Waals surface area contributed by atoms with E-state index in [1.165, 1.54) is 11.1 Å². The first-order chi connectivity index (χ1) is 20.1. The normalized spacial score (nSPS) is 15.2. The fraction of sp³-hybridized carbons (Fsp3) is 0.452. The van der Waals surface area contributed by atoms with Crippen LogP contribution < -0.4 is 10.6 Å². The number of halogens is 2. The summed E-state index contributed by atoms with van der Waals surface area (Å²) in [5.41, 5.74) is 4.73. The molecule has 0 bridgehead atoms. The predicted molar refractivity (Wildman–Crippen MR) is 166 cm³/mol. The van der Waals surface area contributed by atoms with Gasteiger partial charge in [0.1, 0.15) is 11.4 Å². The van der Waals surface area contributed by atoms with Gasteiger partial charge in [0.2, 0.25) is 0 Å². The summed E-state index contributed by atoms with van der Waals surface area (Å²) in [6.45, 7) is 9.83. The van der Waals surface area contributed by atoms with E-state index in [9.17, 15) is 4.79 Å². The summed E-state index contributed by atoms with van der Waals surface area (Å²) >= 11 is 12.9. The molecule has 9 nitrogen and oxygen atoms in total. The van der Waals surface area contributed by atoms with E-state index in [-0.39, 0.29) is 5.92 Å². The minimum Gasteiger partial charge on any atom is -0.444 e. The van der Waals surface area contributed by atoms with Crippen LogP contribution >= 0.6 is 23.2 Å². The molecule has 0 saturated carbocycles. The number of hydrogen-bond donors (Lipinski definition) is 2. The van der Waals surface area contributed by atoms with E-state index in [1.54, 1.807) is 12.4 Å². The van der Waals surface area contributed by atoms with Gasteiger partial charge < -0.3 is 29.7 Å². The van der Waals surface area contributed by atoms with E-state index in [0.717, 1.165) is 29.9 Å². The number of rotatable bonds is 12. The molecule has 4 rings (SSSR count). The molecule has 42 heavy (non-hydrogen) atoms. The molecule has 1 amide bonds. The first kappa shape index (κ1) is 32.0. The van der Waals surface area contributed by atoms with Crippen LogP contribution in [-0.4, -0.2) is 79.7 Å². The average molecular weight is 617 g/mol. The van der Waals surface area contributed by atoms with Crippen LogP contribution in [0.1, 0.15) is 43.4 Å². The van der Waals surface area contributed by atoms with Crippen molar-refractivity contribution in [1.82, 2.24) is 20.2 Å². The Bertz CT molecular complexity index is 1350. The molecule has 2 N–H and O–H groups in total. The Labute approximate surface area is 257 Å². The van der Waals surface area contributed by atoms with Crippen molar-refractivity contribution in [2.75, 3.05) is 58.4 Å². The number of carbonyl (C=O) groups excluding carboxylic acids is 1. The third-order valence-corrected chi connectivity index (χ3v) is 7.11. The average Bonchev–Trinajstić information content (AvgIpc) is 2.93. The standard InChI is InChI=1S/C31H39Cl2N5O4/c1-31(2,3)42-30(39)36-9-11-41-13-12-40-10-8-35-29-18-34-17-28(37-29)22-7-5-6-21(14-22)25-19-38(4)20-26-24(25)15-23(32)16-27(26)33/h5-7,14-18,25H,8-13,19-20H2,1-4H3,(H,35,37)(H,36,39)/t25-/m0/s1. The zero-order chi connectivity index (χ0) is 30.1. The number of ether oxygens (including phenoxy) is 3. The van der Waals surface area contributed by atoms with E-state index in [2.05, 4.69) is 45.8 Å². The number of benzene rings is 2. The third kappa shape index (κ3) is 9.54. The summed E-state index contributed by atoms with van der Waals surface area (Å²) in [7, 11) is 2.11. The maximum Gasteiger partial charge on any atom is 0.407 e. The minimum atomic E-state index is -0.518. The number of amides is 1. The first-order valence-corrected chi connectivity index (χ1v) is 14.8. The van der Waals surface area contributed by atoms with Gasteiger partial charge in [0.05, 0.1) is 44.5 Å². The second-order valence-electron chi connectivity index (χ2n) is 11.2. The molecule has 2 aromatic carbocycles. The third-order valence-electron chi connectivity index (χ3n) is 6.55. The van der Waals surface area contributed by atoms with Crippen LogP contribution in [0.5, 0.6) is 0 Å². The number of anilines is 1. The predicted octanol–water partition coefficient (Wildman–Crippen LogP) is 6.00. The largest absolute Gasteiger partial charge is 0.444 e. The Morgan fingerprint density at radius 1 is 1.05 bits per heavy atom. The van der Waals surface area contributed by atoms with Gasteiger partial charge in [-0.25, -0.2) is 9.78 Å². The van der Waals surface area contributed by atoms with Crippen molar-refractivity contribution < 1.29 is 19.0 Å². The summed E-state index contributed by atoms with van der Waals surface area (Å²) in [5, 5.41) is 7.28. The Balaban J connectivity index is 1.24. The Morgan fingerprint density at radius 3 is 2.57 bits per heavy atom. The second-order valence-corrected chi connectivity index (χ2v) is 12.0. The number of nitrogens with zero attached hydrogens (tertiary/aromatic N) is 3. The molecule has 0 radical (unpaired) electrons. The van der Waals surface area contributed by atoms with Crippen LogP contribution in [0.25, 0.3) is 11.3 Å². The van der Waals surface area contributed by atoms with Crippen LogP contribution in [0.4, 0.5) is 10.6 Å². The van der Waals surface area contributed by atoms with Gasteiger partial charge in [-0.2, -0.15) is 0 Å². The number of likely N-dealkylation sites (N-methyl/N-ethyl adjacent to an activating group) is 1. The van der Waals surface area contributed by atoms with Crippen molar-refractivity contribution >= 4 is 35.1 Å². The fourth-order valence-corrected chi connectivity index (χ4v) is 5.32. The maximum absolute atomic E-state index is 11.6. The lowest BCUT2D eigenvalue weighted by atomic mass is 9.84. The summed E-state index contributed by atoms with van der Waals surface area (Å²) in [6.07, 6.45) is 3.02. The second kappa shape index (κ2) is 15.0. The zero-order valence-electron chi connectivity index (χ0n) is 24.6. The smallest absolute Gasteiger partial charge is 0.407 e. The topological polar surface area (TPSA) is 97.8 Å². The highest BCUT2D eigenvalue weighted by Crippen LogP contribution is 2.39. The van der Waals surface area contributed by atoms with E-state index < -0.39 is 11.7 Å². The van der Waals surface area contributed by atoms with Crippen molar-refractivity contribution in [2.24, 2.45) is 0 Å². The maximum atomic E-state index is 11.6. The van der Waals surface area contributed by atoms with Gasteiger partial charge in [0, 0.05) is 47.7 Å². The summed E-state index contributed by atoms with van der Waals surface area (Å²) < 4.78 is 16.3. The van der Waals surface area contributed by atoms with Crippen LogP contribution in [0, 0.1) is 0 Å². The van der Waals surface area contributed by atoms with Gasteiger partial charge in [-0.3, -0.25) is 4.98 Å². The molecular weight excluding hydrogens is 577 g/mol. The molecule has 11 heteroatoms. The van der Waals surface area contributed by atoms with Gasteiger partial charge in [-0.1, -0.05) is 41.4 Å². The lowest BCUT2D eigenvalue weighted by molar-refractivity contribution is 0.0415. The number of alkyl carbamates (subject to hydrolysis) is 1. The molecule has 0 fully saturated rings. The van der Waals surface area contributed by atoms with Crippen molar-refractivity contribution in [2.45, 2.75) is 38.8 Å². The molecule has 0 unspecified atom stereocenters. The lowest BCUT2D eigenvalue weighted by Gasteiger charge is -2.33. The Morgan fingerprint density at radius 2 is 1.81 bits per heavy atom. The van der Waals surface area contributed by atoms with Gasteiger partial charge in [0.25, 0.3) is 0 Å². The van der Waals surface area contributed by atoms with Crippen LogP contribution in [0.15, 0.2) is 48.8 Å². The van der Waals surface area contributed by atoms with Gasteiger partial charge in [-0.15, -0.1) is 0 Å². The van der Waals surface area contributed by atoms with Crippen molar-refractivity contribution in [3.8, 4) is 11.3 Å². The molecule has 0 aliphatic carbocycles. The molecular formula is C31H39Cl2N5O4. The van der Waals surface area contributed by atoms with Crippen LogP contribution in [0.3, 0.4) is 0 Å². The number of nitrogens with one attached hydrogen (secondary N) is 2. The van der Waals surface area contributed by atoms with Crippen LogP contribution in [0.2, 0.25) is 10.0 Å². The summed E-state index contributed by atoms with van der Waals surface area (Å²) in [6, 6.07) is 12.3. The number of hydrogen-bond acceptors (Lipinski definition) is 8. The first-order valence-electron chi connectivity index (χ1n) is 14.0. The van der Waals surface area contributed by atoms with E-state index in [4.69, 9.17) is 42.4 Å². The zero-order valence-corrected chi connectivity index (χ0v) is 26.1. The molecule has 0 saturated heterocycles. The highest BCUT2D eigenvalue weighted by Gasteiger charge is 2.27.